The lowest BCUT2D eigenvalue weighted by Crippen LogP contribution is -2.45. The van der Waals surface area contributed by atoms with Crippen molar-refractivity contribution in [1.29, 1.82) is 0 Å². The first kappa shape index (κ1) is 22.3. The quantitative estimate of drug-likeness (QED) is 0.689. The van der Waals surface area contributed by atoms with Crippen molar-refractivity contribution in [2.75, 3.05) is 26.2 Å². The van der Waals surface area contributed by atoms with Gasteiger partial charge in [0.15, 0.2) is 0 Å². The summed E-state index contributed by atoms with van der Waals surface area (Å²) in [5.74, 6) is 0.992. The highest BCUT2D eigenvalue weighted by Gasteiger charge is 2.24. The summed E-state index contributed by atoms with van der Waals surface area (Å²) in [7, 11) is 0. The van der Waals surface area contributed by atoms with E-state index in [4.69, 9.17) is 0 Å². The number of piperidine rings is 1. The molecular weight excluding hydrogens is 358 g/mol. The SMILES string of the molecule is CCN(Cc1ccc(C(=O)NC2CCN(CC3CCCCC3)CC2)cc1)C(C)C. The Morgan fingerprint density at radius 1 is 1.07 bits per heavy atom. The minimum Gasteiger partial charge on any atom is -0.349 e. The van der Waals surface area contributed by atoms with Gasteiger partial charge in [0, 0.05) is 43.8 Å². The van der Waals surface area contributed by atoms with Crippen LogP contribution in [0.15, 0.2) is 24.3 Å². The summed E-state index contributed by atoms with van der Waals surface area (Å²) in [5, 5.41) is 3.27. The highest BCUT2D eigenvalue weighted by atomic mass is 16.1. The summed E-state index contributed by atoms with van der Waals surface area (Å²) in [4.78, 5) is 17.7. The Kier molecular flexibility index (Phi) is 8.55. The molecule has 0 spiro atoms. The lowest BCUT2D eigenvalue weighted by atomic mass is 9.88. The molecule has 1 saturated carbocycles. The Labute approximate surface area is 178 Å². The number of hydrogen-bond acceptors (Lipinski definition) is 3. The van der Waals surface area contributed by atoms with Crippen molar-refractivity contribution in [2.24, 2.45) is 5.92 Å². The molecule has 1 N–H and O–H groups in total. The Morgan fingerprint density at radius 3 is 2.31 bits per heavy atom. The molecule has 29 heavy (non-hydrogen) atoms. The van der Waals surface area contributed by atoms with E-state index in [1.807, 2.05) is 12.1 Å². The number of amides is 1. The third-order valence-corrected chi connectivity index (χ3v) is 6.90. The first-order chi connectivity index (χ1) is 14.0. The van der Waals surface area contributed by atoms with E-state index in [9.17, 15) is 4.79 Å². The molecule has 162 valence electrons. The topological polar surface area (TPSA) is 35.6 Å². The molecule has 2 fully saturated rings. The summed E-state index contributed by atoms with van der Waals surface area (Å²) in [5.41, 5.74) is 2.05. The minimum atomic E-state index is 0.0819. The predicted molar refractivity (Wildman–Crippen MR) is 121 cm³/mol. The molecule has 0 bridgehead atoms. The van der Waals surface area contributed by atoms with E-state index in [0.717, 1.165) is 50.5 Å². The average Bonchev–Trinajstić information content (AvgIpc) is 2.74. The summed E-state index contributed by atoms with van der Waals surface area (Å²) in [6.07, 6.45) is 9.26. The number of benzene rings is 1. The van der Waals surface area contributed by atoms with Crippen molar-refractivity contribution in [3.8, 4) is 0 Å². The highest BCUT2D eigenvalue weighted by Crippen LogP contribution is 2.25. The van der Waals surface area contributed by atoms with Crippen LogP contribution in [-0.2, 0) is 6.54 Å². The molecule has 1 saturated heterocycles. The molecule has 1 aliphatic carbocycles. The fourth-order valence-corrected chi connectivity index (χ4v) is 4.92. The van der Waals surface area contributed by atoms with Crippen LogP contribution < -0.4 is 5.32 Å². The maximum absolute atomic E-state index is 12.7. The normalized spacial score (nSPS) is 19.8. The Bertz CT molecular complexity index is 613. The smallest absolute Gasteiger partial charge is 0.251 e. The molecule has 1 aliphatic heterocycles. The van der Waals surface area contributed by atoms with Gasteiger partial charge < -0.3 is 10.2 Å². The zero-order valence-corrected chi connectivity index (χ0v) is 18.8. The molecule has 1 heterocycles. The largest absolute Gasteiger partial charge is 0.349 e. The van der Waals surface area contributed by atoms with Crippen LogP contribution in [0.3, 0.4) is 0 Å². The lowest BCUT2D eigenvalue weighted by Gasteiger charge is -2.35. The first-order valence-electron chi connectivity index (χ1n) is 11.9. The van der Waals surface area contributed by atoms with Gasteiger partial charge in [-0.1, -0.05) is 38.3 Å². The number of likely N-dealkylation sites (tertiary alicyclic amines) is 1. The van der Waals surface area contributed by atoms with Crippen molar-refractivity contribution in [3.05, 3.63) is 35.4 Å². The van der Waals surface area contributed by atoms with Crippen molar-refractivity contribution in [3.63, 3.8) is 0 Å². The molecule has 0 aromatic heterocycles. The van der Waals surface area contributed by atoms with Gasteiger partial charge in [-0.3, -0.25) is 9.69 Å². The molecular formula is C25H41N3O. The Morgan fingerprint density at radius 2 is 1.72 bits per heavy atom. The van der Waals surface area contributed by atoms with Gasteiger partial charge in [0.25, 0.3) is 5.91 Å². The monoisotopic (exact) mass is 399 g/mol. The van der Waals surface area contributed by atoms with Crippen LogP contribution in [0, 0.1) is 5.92 Å². The zero-order chi connectivity index (χ0) is 20.6. The summed E-state index contributed by atoms with van der Waals surface area (Å²) in [6, 6.07) is 9.03. The Balaban J connectivity index is 1.42. The van der Waals surface area contributed by atoms with E-state index in [1.165, 1.54) is 44.2 Å². The van der Waals surface area contributed by atoms with Crippen LogP contribution in [0.5, 0.6) is 0 Å². The maximum Gasteiger partial charge on any atom is 0.251 e. The van der Waals surface area contributed by atoms with Crippen LogP contribution in [0.2, 0.25) is 0 Å². The van der Waals surface area contributed by atoms with E-state index in [-0.39, 0.29) is 5.91 Å². The third kappa shape index (κ3) is 6.82. The van der Waals surface area contributed by atoms with Crippen LogP contribution in [0.25, 0.3) is 0 Å². The molecule has 3 rings (SSSR count). The summed E-state index contributed by atoms with van der Waals surface area (Å²) >= 11 is 0. The Hall–Kier alpha value is -1.39. The fourth-order valence-electron chi connectivity index (χ4n) is 4.92. The number of hydrogen-bond donors (Lipinski definition) is 1. The minimum absolute atomic E-state index is 0.0819. The molecule has 0 unspecified atom stereocenters. The highest BCUT2D eigenvalue weighted by molar-refractivity contribution is 5.94. The van der Waals surface area contributed by atoms with Crippen LogP contribution in [-0.4, -0.2) is 54.0 Å². The lowest BCUT2D eigenvalue weighted by molar-refractivity contribution is 0.0901. The second kappa shape index (κ2) is 11.1. The van der Waals surface area contributed by atoms with Gasteiger partial charge in [0.05, 0.1) is 0 Å². The fraction of sp³-hybridized carbons (Fsp3) is 0.720. The number of nitrogens with zero attached hydrogens (tertiary/aromatic N) is 2. The summed E-state index contributed by atoms with van der Waals surface area (Å²) < 4.78 is 0. The van der Waals surface area contributed by atoms with Crippen LogP contribution in [0.4, 0.5) is 0 Å². The van der Waals surface area contributed by atoms with Gasteiger partial charge >= 0.3 is 0 Å². The van der Waals surface area contributed by atoms with Crippen molar-refractivity contribution < 1.29 is 4.79 Å². The predicted octanol–water partition coefficient (Wildman–Crippen LogP) is 4.69. The first-order valence-corrected chi connectivity index (χ1v) is 11.9. The van der Waals surface area contributed by atoms with Crippen molar-refractivity contribution in [2.45, 2.75) is 84.3 Å². The molecule has 0 atom stereocenters. The van der Waals surface area contributed by atoms with Gasteiger partial charge in [-0.25, -0.2) is 0 Å². The molecule has 1 amide bonds. The average molecular weight is 400 g/mol. The molecule has 2 aliphatic rings. The molecule has 4 heteroatoms. The summed E-state index contributed by atoms with van der Waals surface area (Å²) in [6.45, 7) is 12.2. The van der Waals surface area contributed by atoms with Crippen molar-refractivity contribution in [1.82, 2.24) is 15.1 Å². The van der Waals surface area contributed by atoms with E-state index in [2.05, 4.69) is 48.0 Å². The molecule has 4 nitrogen and oxygen atoms in total. The molecule has 1 aromatic rings. The van der Waals surface area contributed by atoms with Crippen LogP contribution >= 0.6 is 0 Å². The number of rotatable bonds is 8. The van der Waals surface area contributed by atoms with Gasteiger partial charge in [-0.2, -0.15) is 0 Å². The van der Waals surface area contributed by atoms with Gasteiger partial charge in [0.1, 0.15) is 0 Å². The van der Waals surface area contributed by atoms with E-state index in [1.54, 1.807) is 0 Å². The number of nitrogens with one attached hydrogen (secondary N) is 1. The maximum atomic E-state index is 12.7. The van der Waals surface area contributed by atoms with Crippen LogP contribution in [0.1, 0.15) is 81.6 Å². The van der Waals surface area contributed by atoms with Gasteiger partial charge in [0.2, 0.25) is 0 Å². The second-order valence-electron chi connectivity index (χ2n) is 9.41. The van der Waals surface area contributed by atoms with E-state index >= 15 is 0 Å². The zero-order valence-electron chi connectivity index (χ0n) is 18.8. The molecule has 1 aromatic carbocycles. The molecule has 0 radical (unpaired) electrons. The van der Waals surface area contributed by atoms with Gasteiger partial charge in [-0.15, -0.1) is 0 Å². The number of carbonyl (C=O) groups is 1. The standard InChI is InChI=1S/C25H41N3O/c1-4-28(20(2)3)19-22-10-12-23(13-11-22)25(29)26-24-14-16-27(17-15-24)18-21-8-6-5-7-9-21/h10-13,20-21,24H,4-9,14-19H2,1-3H3,(H,26,29). The van der Waals surface area contributed by atoms with E-state index < -0.39 is 0 Å². The third-order valence-electron chi connectivity index (χ3n) is 6.90. The van der Waals surface area contributed by atoms with Crippen molar-refractivity contribution >= 4 is 5.91 Å². The number of carbonyl (C=O) groups excluding carboxylic acids is 1. The second-order valence-corrected chi connectivity index (χ2v) is 9.41. The van der Waals surface area contributed by atoms with Gasteiger partial charge in [-0.05, 0) is 69.7 Å². The van der Waals surface area contributed by atoms with E-state index in [0.29, 0.717) is 12.1 Å².